The van der Waals surface area contributed by atoms with Crippen molar-refractivity contribution in [2.24, 2.45) is 0 Å². The number of hydrogen-bond donors (Lipinski definition) is 1. The van der Waals surface area contributed by atoms with E-state index in [0.717, 1.165) is 22.4 Å². The van der Waals surface area contributed by atoms with Gasteiger partial charge < -0.3 is 5.32 Å². The zero-order valence-electron chi connectivity index (χ0n) is 11.8. The van der Waals surface area contributed by atoms with Crippen molar-refractivity contribution in [1.82, 2.24) is 0 Å². The molecule has 0 fully saturated rings. The summed E-state index contributed by atoms with van der Waals surface area (Å²) in [6.45, 7) is 3.98. The average molecular weight is 320 g/mol. The Hall–Kier alpha value is -1.77. The molecule has 2 aromatic rings. The molecule has 2 rings (SSSR count). The molecule has 0 aliphatic heterocycles. The summed E-state index contributed by atoms with van der Waals surface area (Å²) in [5.74, 6) is -0.187. The van der Waals surface area contributed by atoms with Crippen LogP contribution in [0.1, 0.15) is 16.7 Å². The van der Waals surface area contributed by atoms with Crippen molar-refractivity contribution in [3.8, 4) is 0 Å². The molecule has 0 aliphatic rings. The molecule has 0 aromatic heterocycles. The fraction of sp³-hybridized carbons (Fsp3) is 0.118. The Labute approximate surface area is 134 Å². The first-order valence-corrected chi connectivity index (χ1v) is 7.22. The van der Waals surface area contributed by atoms with Crippen molar-refractivity contribution < 1.29 is 4.79 Å². The lowest BCUT2D eigenvalue weighted by atomic mass is 10.1. The smallest absolute Gasteiger partial charge is 0.248 e. The van der Waals surface area contributed by atoms with Gasteiger partial charge in [-0.2, -0.15) is 0 Å². The fourth-order valence-electron chi connectivity index (χ4n) is 1.92. The number of carbonyl (C=O) groups is 1. The molecule has 0 bridgehead atoms. The van der Waals surface area contributed by atoms with Crippen molar-refractivity contribution in [3.63, 3.8) is 0 Å². The number of hydrogen-bond acceptors (Lipinski definition) is 1. The highest BCUT2D eigenvalue weighted by atomic mass is 35.5. The standard InChI is InChI=1S/C17H15Cl2NO/c1-11-3-7-16(12(2)9-11)20-17(21)8-5-13-4-6-14(18)15(19)10-13/h3-10H,1-2H3,(H,20,21). The second-order valence-corrected chi connectivity index (χ2v) is 5.63. The zero-order valence-corrected chi connectivity index (χ0v) is 13.3. The molecule has 1 amide bonds. The summed E-state index contributed by atoms with van der Waals surface area (Å²) < 4.78 is 0. The number of nitrogens with one attached hydrogen (secondary N) is 1. The number of anilines is 1. The van der Waals surface area contributed by atoms with E-state index in [4.69, 9.17) is 23.2 Å². The van der Waals surface area contributed by atoms with Crippen molar-refractivity contribution in [3.05, 3.63) is 69.2 Å². The highest BCUT2D eigenvalue weighted by Gasteiger charge is 2.02. The fourth-order valence-corrected chi connectivity index (χ4v) is 2.22. The van der Waals surface area contributed by atoms with Crippen molar-refractivity contribution in [1.29, 1.82) is 0 Å². The molecule has 0 atom stereocenters. The lowest BCUT2D eigenvalue weighted by Gasteiger charge is -2.07. The maximum atomic E-state index is 11.9. The van der Waals surface area contributed by atoms with Crippen molar-refractivity contribution in [2.75, 3.05) is 5.32 Å². The topological polar surface area (TPSA) is 29.1 Å². The largest absolute Gasteiger partial charge is 0.322 e. The summed E-state index contributed by atoms with van der Waals surface area (Å²) >= 11 is 11.8. The summed E-state index contributed by atoms with van der Waals surface area (Å²) in [6, 6.07) is 11.1. The number of aryl methyl sites for hydroxylation is 2. The van der Waals surface area contributed by atoms with Crippen LogP contribution >= 0.6 is 23.2 Å². The Morgan fingerprint density at radius 1 is 1.05 bits per heavy atom. The molecule has 4 heteroatoms. The van der Waals surface area contributed by atoms with E-state index in [1.165, 1.54) is 6.08 Å². The number of halogens is 2. The highest BCUT2D eigenvalue weighted by Crippen LogP contribution is 2.23. The molecular formula is C17H15Cl2NO. The van der Waals surface area contributed by atoms with Crippen LogP contribution in [0.4, 0.5) is 5.69 Å². The van der Waals surface area contributed by atoms with E-state index in [1.807, 2.05) is 32.0 Å². The van der Waals surface area contributed by atoms with Crippen LogP contribution in [0.15, 0.2) is 42.5 Å². The second-order valence-electron chi connectivity index (χ2n) is 4.81. The van der Waals surface area contributed by atoms with E-state index in [0.29, 0.717) is 10.0 Å². The van der Waals surface area contributed by atoms with Gasteiger partial charge in [0.05, 0.1) is 10.0 Å². The molecule has 0 saturated carbocycles. The normalized spacial score (nSPS) is 10.9. The predicted octanol–water partition coefficient (Wildman–Crippen LogP) is 5.26. The van der Waals surface area contributed by atoms with Crippen LogP contribution in [0.2, 0.25) is 10.0 Å². The number of benzene rings is 2. The van der Waals surface area contributed by atoms with Gasteiger partial charge in [0.2, 0.25) is 5.91 Å². The Kier molecular flexibility index (Phi) is 5.05. The van der Waals surface area contributed by atoms with Crippen LogP contribution in [-0.4, -0.2) is 5.91 Å². The van der Waals surface area contributed by atoms with Gasteiger partial charge in [-0.25, -0.2) is 0 Å². The maximum absolute atomic E-state index is 11.9. The van der Waals surface area contributed by atoms with Gasteiger partial charge in [-0.3, -0.25) is 4.79 Å². The molecule has 1 N–H and O–H groups in total. The minimum Gasteiger partial charge on any atom is -0.322 e. The van der Waals surface area contributed by atoms with Crippen LogP contribution in [0.3, 0.4) is 0 Å². The molecule has 2 aromatic carbocycles. The molecule has 108 valence electrons. The Morgan fingerprint density at radius 3 is 2.48 bits per heavy atom. The number of carbonyl (C=O) groups excluding carboxylic acids is 1. The first-order chi connectivity index (χ1) is 9.95. The molecule has 0 radical (unpaired) electrons. The predicted molar refractivity (Wildman–Crippen MR) is 90.0 cm³/mol. The van der Waals surface area contributed by atoms with Gasteiger partial charge in [-0.15, -0.1) is 0 Å². The zero-order chi connectivity index (χ0) is 15.4. The lowest BCUT2D eigenvalue weighted by molar-refractivity contribution is -0.111. The summed E-state index contributed by atoms with van der Waals surface area (Å²) in [5.41, 5.74) is 3.83. The molecule has 21 heavy (non-hydrogen) atoms. The number of rotatable bonds is 3. The van der Waals surface area contributed by atoms with Crippen molar-refractivity contribution >= 4 is 40.9 Å². The van der Waals surface area contributed by atoms with Crippen LogP contribution in [0.5, 0.6) is 0 Å². The van der Waals surface area contributed by atoms with E-state index in [2.05, 4.69) is 5.32 Å². The van der Waals surface area contributed by atoms with Crippen LogP contribution in [0.25, 0.3) is 6.08 Å². The summed E-state index contributed by atoms with van der Waals surface area (Å²) in [5, 5.41) is 3.81. The maximum Gasteiger partial charge on any atom is 0.248 e. The molecule has 0 spiro atoms. The van der Waals surface area contributed by atoms with E-state index < -0.39 is 0 Å². The molecule has 0 heterocycles. The molecule has 0 unspecified atom stereocenters. The molecule has 0 aliphatic carbocycles. The van der Waals surface area contributed by atoms with Crippen LogP contribution in [-0.2, 0) is 4.79 Å². The summed E-state index contributed by atoms with van der Waals surface area (Å²) in [7, 11) is 0. The van der Waals surface area contributed by atoms with E-state index in [9.17, 15) is 4.79 Å². The third kappa shape index (κ3) is 4.35. The van der Waals surface area contributed by atoms with Gasteiger partial charge in [0.1, 0.15) is 0 Å². The molecular weight excluding hydrogens is 305 g/mol. The minimum atomic E-state index is -0.187. The summed E-state index contributed by atoms with van der Waals surface area (Å²) in [4.78, 5) is 11.9. The first-order valence-electron chi connectivity index (χ1n) is 6.47. The highest BCUT2D eigenvalue weighted by molar-refractivity contribution is 6.42. The summed E-state index contributed by atoms with van der Waals surface area (Å²) in [6.07, 6.45) is 3.17. The third-order valence-electron chi connectivity index (χ3n) is 3.01. The second kappa shape index (κ2) is 6.79. The lowest BCUT2D eigenvalue weighted by Crippen LogP contribution is -2.08. The van der Waals surface area contributed by atoms with Gasteiger partial charge in [0.25, 0.3) is 0 Å². The van der Waals surface area contributed by atoms with Crippen LogP contribution in [0, 0.1) is 13.8 Å². The SMILES string of the molecule is Cc1ccc(NC(=O)C=Cc2ccc(Cl)c(Cl)c2)c(C)c1. The molecule has 0 saturated heterocycles. The van der Waals surface area contributed by atoms with Gasteiger partial charge in [-0.1, -0.05) is 47.0 Å². The molecule has 2 nitrogen and oxygen atoms in total. The quantitative estimate of drug-likeness (QED) is 0.768. The van der Waals surface area contributed by atoms with Gasteiger partial charge in [0.15, 0.2) is 0 Å². The van der Waals surface area contributed by atoms with Crippen molar-refractivity contribution in [2.45, 2.75) is 13.8 Å². The van der Waals surface area contributed by atoms with Gasteiger partial charge >= 0.3 is 0 Å². The first kappa shape index (κ1) is 15.6. The van der Waals surface area contributed by atoms with E-state index >= 15 is 0 Å². The van der Waals surface area contributed by atoms with Crippen LogP contribution < -0.4 is 5.32 Å². The van der Waals surface area contributed by atoms with Gasteiger partial charge in [0, 0.05) is 11.8 Å². The van der Waals surface area contributed by atoms with Gasteiger partial charge in [-0.05, 0) is 49.2 Å². The Bertz CT molecular complexity index is 708. The van der Waals surface area contributed by atoms with E-state index in [1.54, 1.807) is 24.3 Å². The average Bonchev–Trinajstić information content (AvgIpc) is 2.43. The monoisotopic (exact) mass is 319 g/mol. The third-order valence-corrected chi connectivity index (χ3v) is 3.75. The Morgan fingerprint density at radius 2 is 1.81 bits per heavy atom. The Balaban J connectivity index is 2.07. The van der Waals surface area contributed by atoms with E-state index in [-0.39, 0.29) is 5.91 Å². The number of amides is 1. The minimum absolute atomic E-state index is 0.187.